The SMILES string of the molecule is COc1cccnc1Oc1cccc2[nH]nc(-c3nc4ccc(N5CC(CN(C)C)OCC5C)cc4[nH]3)c12. The highest BCUT2D eigenvalue weighted by molar-refractivity contribution is 5.97. The predicted octanol–water partition coefficient (Wildman–Crippen LogP) is 4.46. The van der Waals surface area contributed by atoms with Gasteiger partial charge < -0.3 is 29.0 Å². The monoisotopic (exact) mass is 513 g/mol. The molecule has 1 saturated heterocycles. The van der Waals surface area contributed by atoms with Crippen LogP contribution in [-0.2, 0) is 4.74 Å². The van der Waals surface area contributed by atoms with Crippen LogP contribution in [0.4, 0.5) is 5.69 Å². The number of ether oxygens (including phenoxy) is 3. The van der Waals surface area contributed by atoms with E-state index in [1.807, 2.05) is 24.3 Å². The highest BCUT2D eigenvalue weighted by Gasteiger charge is 2.27. The van der Waals surface area contributed by atoms with Gasteiger partial charge in [0.2, 0.25) is 0 Å². The van der Waals surface area contributed by atoms with E-state index in [2.05, 4.69) is 69.2 Å². The minimum Gasteiger partial charge on any atom is -0.491 e. The van der Waals surface area contributed by atoms with E-state index in [1.165, 1.54) is 0 Å². The van der Waals surface area contributed by atoms with E-state index < -0.39 is 0 Å². The first-order valence-electron chi connectivity index (χ1n) is 12.7. The fourth-order valence-corrected chi connectivity index (χ4v) is 4.99. The van der Waals surface area contributed by atoms with E-state index in [9.17, 15) is 0 Å². The molecule has 38 heavy (non-hydrogen) atoms. The summed E-state index contributed by atoms with van der Waals surface area (Å²) in [5.41, 5.74) is 4.47. The minimum atomic E-state index is 0.167. The van der Waals surface area contributed by atoms with E-state index >= 15 is 0 Å². The molecule has 0 aliphatic carbocycles. The molecule has 1 fully saturated rings. The van der Waals surface area contributed by atoms with E-state index in [-0.39, 0.29) is 12.1 Å². The molecule has 2 unspecified atom stereocenters. The Morgan fingerprint density at radius 2 is 1.97 bits per heavy atom. The summed E-state index contributed by atoms with van der Waals surface area (Å²) in [4.78, 5) is 17.3. The van der Waals surface area contributed by atoms with Crippen molar-refractivity contribution >= 4 is 27.6 Å². The topological polar surface area (TPSA) is 104 Å². The molecule has 196 valence electrons. The number of aromatic amines is 2. The average Bonchev–Trinajstić information content (AvgIpc) is 3.54. The van der Waals surface area contributed by atoms with Crippen molar-refractivity contribution < 1.29 is 14.2 Å². The Morgan fingerprint density at radius 3 is 2.82 bits per heavy atom. The number of benzene rings is 2. The quantitative estimate of drug-likeness (QED) is 0.329. The van der Waals surface area contributed by atoms with Crippen molar-refractivity contribution in [3.63, 3.8) is 0 Å². The highest BCUT2D eigenvalue weighted by atomic mass is 16.5. The molecule has 0 radical (unpaired) electrons. The molecule has 2 N–H and O–H groups in total. The fraction of sp³-hybridized carbons (Fsp3) is 0.321. The minimum absolute atomic E-state index is 0.167. The van der Waals surface area contributed by atoms with Gasteiger partial charge in [0.05, 0.1) is 41.8 Å². The maximum Gasteiger partial charge on any atom is 0.262 e. The van der Waals surface area contributed by atoms with E-state index in [1.54, 1.807) is 19.4 Å². The van der Waals surface area contributed by atoms with Crippen LogP contribution in [0.25, 0.3) is 33.5 Å². The Balaban J connectivity index is 1.35. The Bertz CT molecular complexity index is 1580. The lowest BCUT2D eigenvalue weighted by Crippen LogP contribution is -2.51. The molecule has 0 spiro atoms. The smallest absolute Gasteiger partial charge is 0.262 e. The van der Waals surface area contributed by atoms with Crippen molar-refractivity contribution in [2.75, 3.05) is 45.8 Å². The summed E-state index contributed by atoms with van der Waals surface area (Å²) in [6.45, 7) is 4.63. The lowest BCUT2D eigenvalue weighted by Gasteiger charge is -2.40. The van der Waals surface area contributed by atoms with Gasteiger partial charge in [-0.1, -0.05) is 6.07 Å². The van der Waals surface area contributed by atoms with Crippen LogP contribution < -0.4 is 14.4 Å². The summed E-state index contributed by atoms with van der Waals surface area (Å²) < 4.78 is 17.7. The van der Waals surface area contributed by atoms with Crippen molar-refractivity contribution in [2.45, 2.75) is 19.1 Å². The highest BCUT2D eigenvalue weighted by Crippen LogP contribution is 2.37. The summed E-state index contributed by atoms with van der Waals surface area (Å²) in [6, 6.07) is 16.0. The Morgan fingerprint density at radius 1 is 1.11 bits per heavy atom. The molecular formula is C28H31N7O3. The van der Waals surface area contributed by atoms with Crippen molar-refractivity contribution in [3.05, 3.63) is 54.7 Å². The first kappa shape index (κ1) is 24.2. The van der Waals surface area contributed by atoms with Crippen LogP contribution in [0.15, 0.2) is 54.7 Å². The zero-order valence-corrected chi connectivity index (χ0v) is 21.9. The number of pyridine rings is 1. The number of fused-ring (bicyclic) bond motifs is 2. The van der Waals surface area contributed by atoms with Crippen molar-refractivity contribution in [3.8, 4) is 28.9 Å². The molecule has 2 atom stereocenters. The number of hydrogen-bond donors (Lipinski definition) is 2. The van der Waals surface area contributed by atoms with Crippen LogP contribution in [0.3, 0.4) is 0 Å². The second-order valence-electron chi connectivity index (χ2n) is 9.87. The standard InChI is InChI=1S/C28H31N7O3/c1-17-16-37-19(14-34(2)3)15-35(17)18-10-11-20-22(13-18)31-27(30-20)26-25-21(32-33-26)7-5-8-23(25)38-28-24(36-4)9-6-12-29-28/h5-13,17,19H,14-16H2,1-4H3,(H,30,31)(H,32,33). The molecule has 10 nitrogen and oxygen atoms in total. The van der Waals surface area contributed by atoms with Gasteiger partial charge in [0.1, 0.15) is 11.4 Å². The van der Waals surface area contributed by atoms with Crippen molar-refractivity contribution in [1.82, 2.24) is 30.0 Å². The molecule has 0 bridgehead atoms. The maximum atomic E-state index is 6.20. The predicted molar refractivity (Wildman–Crippen MR) is 147 cm³/mol. The number of anilines is 1. The lowest BCUT2D eigenvalue weighted by atomic mass is 10.1. The number of likely N-dealkylation sites (N-methyl/N-ethyl adjacent to an activating group) is 1. The van der Waals surface area contributed by atoms with Crippen LogP contribution in [0.5, 0.6) is 17.4 Å². The molecule has 5 aromatic rings. The molecule has 0 saturated carbocycles. The molecule has 10 heteroatoms. The number of morpholine rings is 1. The summed E-state index contributed by atoms with van der Waals surface area (Å²) in [7, 11) is 5.74. The third-order valence-electron chi connectivity index (χ3n) is 6.81. The van der Waals surface area contributed by atoms with Crippen molar-refractivity contribution in [2.24, 2.45) is 0 Å². The molecule has 6 rings (SSSR count). The maximum absolute atomic E-state index is 6.20. The lowest BCUT2D eigenvalue weighted by molar-refractivity contribution is 0.00880. The van der Waals surface area contributed by atoms with Gasteiger partial charge in [-0.3, -0.25) is 5.10 Å². The van der Waals surface area contributed by atoms with E-state index in [4.69, 9.17) is 19.2 Å². The van der Waals surface area contributed by atoms with Gasteiger partial charge in [-0.2, -0.15) is 5.10 Å². The van der Waals surface area contributed by atoms with Crippen LogP contribution in [-0.4, -0.2) is 83.1 Å². The number of H-pyrrole nitrogens is 2. The third-order valence-corrected chi connectivity index (χ3v) is 6.81. The average molecular weight is 514 g/mol. The van der Waals surface area contributed by atoms with Gasteiger partial charge >= 0.3 is 0 Å². The molecular weight excluding hydrogens is 482 g/mol. The third kappa shape index (κ3) is 4.52. The fourth-order valence-electron chi connectivity index (χ4n) is 4.99. The second kappa shape index (κ2) is 9.96. The number of nitrogens with one attached hydrogen (secondary N) is 2. The van der Waals surface area contributed by atoms with Gasteiger partial charge in [-0.15, -0.1) is 0 Å². The number of hydrogen-bond acceptors (Lipinski definition) is 8. The van der Waals surface area contributed by atoms with Crippen LogP contribution >= 0.6 is 0 Å². The van der Waals surface area contributed by atoms with Crippen LogP contribution in [0, 0.1) is 0 Å². The van der Waals surface area contributed by atoms with Gasteiger partial charge in [-0.05, 0) is 63.5 Å². The number of imidazole rings is 1. The summed E-state index contributed by atoms with van der Waals surface area (Å²) in [5.74, 6) is 2.21. The first-order chi connectivity index (χ1) is 18.5. The molecule has 0 amide bonds. The van der Waals surface area contributed by atoms with Gasteiger partial charge in [0.15, 0.2) is 11.6 Å². The van der Waals surface area contributed by atoms with E-state index in [0.29, 0.717) is 35.5 Å². The van der Waals surface area contributed by atoms with Crippen LogP contribution in [0.1, 0.15) is 6.92 Å². The summed E-state index contributed by atoms with van der Waals surface area (Å²) in [5, 5.41) is 8.51. The molecule has 1 aliphatic rings. The van der Waals surface area contributed by atoms with Crippen molar-refractivity contribution in [1.29, 1.82) is 0 Å². The molecule has 2 aromatic carbocycles. The number of rotatable bonds is 7. The largest absolute Gasteiger partial charge is 0.491 e. The van der Waals surface area contributed by atoms with Gasteiger partial charge in [0.25, 0.3) is 5.88 Å². The molecule has 4 heterocycles. The Hall–Kier alpha value is -4.15. The number of aromatic nitrogens is 5. The molecule has 3 aromatic heterocycles. The zero-order chi connectivity index (χ0) is 26.2. The first-order valence-corrected chi connectivity index (χ1v) is 12.7. The summed E-state index contributed by atoms with van der Waals surface area (Å²) in [6.07, 6.45) is 1.84. The normalized spacial score (nSPS) is 18.0. The zero-order valence-electron chi connectivity index (χ0n) is 21.9. The number of nitrogens with zero attached hydrogens (tertiary/aromatic N) is 5. The summed E-state index contributed by atoms with van der Waals surface area (Å²) >= 11 is 0. The van der Waals surface area contributed by atoms with Gasteiger partial charge in [-0.25, -0.2) is 9.97 Å². The van der Waals surface area contributed by atoms with Gasteiger partial charge in [0, 0.05) is 31.0 Å². The Kier molecular flexibility index (Phi) is 6.34. The van der Waals surface area contributed by atoms with E-state index in [0.717, 1.165) is 40.7 Å². The Labute approximate surface area is 220 Å². The molecule has 1 aliphatic heterocycles. The number of methoxy groups -OCH3 is 1. The second-order valence-corrected chi connectivity index (χ2v) is 9.87. The van der Waals surface area contributed by atoms with Crippen LogP contribution in [0.2, 0.25) is 0 Å².